The highest BCUT2D eigenvalue weighted by Crippen LogP contribution is 2.44. The van der Waals surface area contributed by atoms with E-state index < -0.39 is 0 Å². The van der Waals surface area contributed by atoms with E-state index in [1.165, 1.54) is 7.11 Å². The molecule has 5 atom stereocenters. The van der Waals surface area contributed by atoms with Gasteiger partial charge in [0.1, 0.15) is 6.79 Å². The van der Waals surface area contributed by atoms with Gasteiger partial charge < -0.3 is 19.5 Å². The lowest BCUT2D eigenvalue weighted by molar-refractivity contribution is -0.150. The third-order valence-electron chi connectivity index (χ3n) is 4.95. The van der Waals surface area contributed by atoms with Crippen LogP contribution in [0.25, 0.3) is 0 Å². The molecule has 2 aliphatic rings. The lowest BCUT2D eigenvalue weighted by Gasteiger charge is -2.37. The summed E-state index contributed by atoms with van der Waals surface area (Å²) in [5.74, 6) is -0.567. The summed E-state index contributed by atoms with van der Waals surface area (Å²) >= 11 is 12.2. The summed E-state index contributed by atoms with van der Waals surface area (Å²) < 4.78 is 15.9. The van der Waals surface area contributed by atoms with E-state index in [2.05, 4.69) is 5.32 Å². The molecule has 0 aromatic heterocycles. The first-order valence-corrected chi connectivity index (χ1v) is 8.70. The summed E-state index contributed by atoms with van der Waals surface area (Å²) in [7, 11) is 3.01. The van der Waals surface area contributed by atoms with Gasteiger partial charge in [0.15, 0.2) is 0 Å². The van der Waals surface area contributed by atoms with Crippen molar-refractivity contribution in [3.63, 3.8) is 0 Å². The normalized spacial score (nSPS) is 31.9. The molecular formula is C17H21Cl2NO4. The Hall–Kier alpha value is -0.850. The number of carbonyl (C=O) groups excluding carboxylic acids is 1. The van der Waals surface area contributed by atoms with Gasteiger partial charge in [-0.3, -0.25) is 4.79 Å². The first-order chi connectivity index (χ1) is 11.5. The topological polar surface area (TPSA) is 56.8 Å². The summed E-state index contributed by atoms with van der Waals surface area (Å²) in [5, 5.41) is 4.50. The van der Waals surface area contributed by atoms with Crippen LogP contribution in [0, 0.1) is 5.92 Å². The molecule has 2 fully saturated rings. The quantitative estimate of drug-likeness (QED) is 0.634. The van der Waals surface area contributed by atoms with Crippen molar-refractivity contribution < 1.29 is 19.0 Å². The highest BCUT2D eigenvalue weighted by Gasteiger charge is 2.51. The van der Waals surface area contributed by atoms with Crippen LogP contribution in [-0.4, -0.2) is 45.2 Å². The molecule has 3 rings (SSSR count). The molecule has 2 bridgehead atoms. The summed E-state index contributed by atoms with van der Waals surface area (Å²) in [6.07, 6.45) is 1.59. The van der Waals surface area contributed by atoms with Gasteiger partial charge in [-0.25, -0.2) is 0 Å². The van der Waals surface area contributed by atoms with Crippen molar-refractivity contribution >= 4 is 29.2 Å². The fourth-order valence-corrected chi connectivity index (χ4v) is 4.24. The number of esters is 1. The Morgan fingerprint density at radius 2 is 2.04 bits per heavy atom. The van der Waals surface area contributed by atoms with Gasteiger partial charge in [-0.1, -0.05) is 29.3 Å². The zero-order valence-corrected chi connectivity index (χ0v) is 15.1. The fraction of sp³-hybridized carbons (Fsp3) is 0.588. The van der Waals surface area contributed by atoms with Crippen molar-refractivity contribution in [1.82, 2.24) is 5.32 Å². The molecule has 0 aliphatic carbocycles. The van der Waals surface area contributed by atoms with Gasteiger partial charge in [-0.05, 0) is 30.5 Å². The molecule has 2 saturated heterocycles. The summed E-state index contributed by atoms with van der Waals surface area (Å²) in [4.78, 5) is 12.5. The third-order valence-corrected chi connectivity index (χ3v) is 5.69. The van der Waals surface area contributed by atoms with Gasteiger partial charge in [0.2, 0.25) is 0 Å². The molecule has 1 aromatic rings. The van der Waals surface area contributed by atoms with E-state index in [1.54, 1.807) is 13.2 Å². The molecule has 7 heteroatoms. The average molecular weight is 374 g/mol. The Kier molecular flexibility index (Phi) is 5.67. The third kappa shape index (κ3) is 3.41. The van der Waals surface area contributed by atoms with Crippen LogP contribution < -0.4 is 5.32 Å². The number of carbonyl (C=O) groups is 1. The minimum atomic E-state index is -0.340. The van der Waals surface area contributed by atoms with Crippen molar-refractivity contribution in [2.45, 2.75) is 36.9 Å². The Labute approximate surface area is 151 Å². The van der Waals surface area contributed by atoms with Gasteiger partial charge in [-0.15, -0.1) is 0 Å². The first kappa shape index (κ1) is 18.0. The van der Waals surface area contributed by atoms with Crippen LogP contribution in [-0.2, 0) is 19.0 Å². The molecule has 0 spiro atoms. The Bertz CT molecular complexity index is 612. The molecule has 132 valence electrons. The second kappa shape index (κ2) is 7.58. The van der Waals surface area contributed by atoms with E-state index >= 15 is 0 Å². The van der Waals surface area contributed by atoms with Crippen LogP contribution in [0.4, 0.5) is 0 Å². The zero-order chi connectivity index (χ0) is 17.3. The predicted octanol–water partition coefficient (Wildman–Crippen LogP) is 2.99. The summed E-state index contributed by atoms with van der Waals surface area (Å²) in [5.41, 5.74) is 1.00. The predicted molar refractivity (Wildman–Crippen MR) is 91.4 cm³/mol. The number of hydrogen-bond acceptors (Lipinski definition) is 5. The summed E-state index contributed by atoms with van der Waals surface area (Å²) in [6, 6.07) is 5.74. The minimum absolute atomic E-state index is 0.0135. The summed E-state index contributed by atoms with van der Waals surface area (Å²) in [6.45, 7) is 0.209. The lowest BCUT2D eigenvalue weighted by Crippen LogP contribution is -2.51. The standard InChI is InChI=1S/C17H21Cl2NO4/c1-22-8-24-14-7-10-6-11(9-3-4-12(18)13(19)5-9)15(16(14)20-10)17(21)23-2/h3-5,10-11,14-16,20H,6-8H2,1-2H3/t10?,11-,14?,15-,16?/m0/s1. The van der Waals surface area contributed by atoms with Crippen LogP contribution in [0.3, 0.4) is 0 Å². The van der Waals surface area contributed by atoms with Crippen molar-refractivity contribution in [3.8, 4) is 0 Å². The number of fused-ring (bicyclic) bond motifs is 2. The molecular weight excluding hydrogens is 353 g/mol. The molecule has 24 heavy (non-hydrogen) atoms. The number of piperidine rings is 1. The number of ether oxygens (including phenoxy) is 3. The van der Waals surface area contributed by atoms with E-state index in [4.69, 9.17) is 37.4 Å². The highest BCUT2D eigenvalue weighted by atomic mass is 35.5. The molecule has 1 N–H and O–H groups in total. The molecule has 1 aromatic carbocycles. The number of benzene rings is 1. The zero-order valence-electron chi connectivity index (χ0n) is 13.6. The van der Waals surface area contributed by atoms with Crippen molar-refractivity contribution in [1.29, 1.82) is 0 Å². The molecule has 2 aliphatic heterocycles. The molecule has 3 unspecified atom stereocenters. The molecule has 2 heterocycles. The lowest BCUT2D eigenvalue weighted by atomic mass is 9.76. The van der Waals surface area contributed by atoms with E-state index in [1.807, 2.05) is 12.1 Å². The van der Waals surface area contributed by atoms with E-state index in [0.29, 0.717) is 10.0 Å². The maximum absolute atomic E-state index is 12.5. The molecule has 0 saturated carbocycles. The smallest absolute Gasteiger partial charge is 0.310 e. The Balaban J connectivity index is 1.91. The average Bonchev–Trinajstić information content (AvgIpc) is 2.90. The van der Waals surface area contributed by atoms with E-state index in [-0.39, 0.29) is 42.8 Å². The Morgan fingerprint density at radius 1 is 1.25 bits per heavy atom. The number of hydrogen-bond donors (Lipinski definition) is 1. The van der Waals surface area contributed by atoms with Gasteiger partial charge in [0, 0.05) is 25.1 Å². The Morgan fingerprint density at radius 3 is 2.71 bits per heavy atom. The fourth-order valence-electron chi connectivity index (χ4n) is 3.94. The van der Waals surface area contributed by atoms with Gasteiger partial charge >= 0.3 is 5.97 Å². The van der Waals surface area contributed by atoms with E-state index in [0.717, 1.165) is 18.4 Å². The second-order valence-electron chi connectivity index (χ2n) is 6.30. The molecule has 0 amide bonds. The van der Waals surface area contributed by atoms with Crippen LogP contribution in [0.5, 0.6) is 0 Å². The number of nitrogens with one attached hydrogen (secondary N) is 1. The van der Waals surface area contributed by atoms with Crippen LogP contribution in [0.1, 0.15) is 24.3 Å². The maximum Gasteiger partial charge on any atom is 0.310 e. The van der Waals surface area contributed by atoms with Crippen molar-refractivity contribution in [2.75, 3.05) is 21.0 Å². The highest BCUT2D eigenvalue weighted by molar-refractivity contribution is 6.42. The molecule has 0 radical (unpaired) electrons. The first-order valence-electron chi connectivity index (χ1n) is 7.94. The number of rotatable bonds is 5. The van der Waals surface area contributed by atoms with Crippen LogP contribution in [0.2, 0.25) is 10.0 Å². The van der Waals surface area contributed by atoms with Gasteiger partial charge in [-0.2, -0.15) is 0 Å². The second-order valence-corrected chi connectivity index (χ2v) is 7.12. The maximum atomic E-state index is 12.5. The monoisotopic (exact) mass is 373 g/mol. The van der Waals surface area contributed by atoms with E-state index in [9.17, 15) is 4.79 Å². The van der Waals surface area contributed by atoms with Gasteiger partial charge in [0.25, 0.3) is 0 Å². The number of methoxy groups -OCH3 is 2. The SMILES string of the molecule is COCOC1CC2C[C@@H](c3ccc(Cl)c(Cl)c3)[C@H](C(=O)OC)C1N2. The van der Waals surface area contributed by atoms with Gasteiger partial charge in [0.05, 0.1) is 29.2 Å². The molecule has 5 nitrogen and oxygen atoms in total. The van der Waals surface area contributed by atoms with Crippen LogP contribution >= 0.6 is 23.2 Å². The van der Waals surface area contributed by atoms with Crippen molar-refractivity contribution in [3.05, 3.63) is 33.8 Å². The minimum Gasteiger partial charge on any atom is -0.469 e. The largest absolute Gasteiger partial charge is 0.469 e. The number of halogens is 2. The van der Waals surface area contributed by atoms with Crippen molar-refractivity contribution in [2.24, 2.45) is 5.92 Å². The van der Waals surface area contributed by atoms with Crippen LogP contribution in [0.15, 0.2) is 18.2 Å².